The van der Waals surface area contributed by atoms with Crippen LogP contribution < -0.4 is 16.2 Å². The number of aromatic nitrogens is 2. The number of anilines is 1. The van der Waals surface area contributed by atoms with E-state index in [2.05, 4.69) is 20.6 Å². The molecule has 1 atom stereocenters. The van der Waals surface area contributed by atoms with Crippen molar-refractivity contribution in [2.24, 2.45) is 0 Å². The maximum Gasteiger partial charge on any atom is 0.258 e. The Balaban J connectivity index is 1.56. The molecule has 0 saturated carbocycles. The van der Waals surface area contributed by atoms with E-state index >= 15 is 0 Å². The molecule has 1 heterocycles. The molecule has 0 saturated heterocycles. The highest BCUT2D eigenvalue weighted by Crippen LogP contribution is 2.16. The van der Waals surface area contributed by atoms with Gasteiger partial charge in [-0.15, -0.1) is 0 Å². The number of carbonyl (C=O) groups excluding carboxylic acids is 2. The summed E-state index contributed by atoms with van der Waals surface area (Å²) in [5.41, 5.74) is 2.08. The number of rotatable bonds is 7. The number of carbonyl (C=O) groups is 2. The van der Waals surface area contributed by atoms with E-state index in [4.69, 9.17) is 0 Å². The Morgan fingerprint density at radius 2 is 1.79 bits per heavy atom. The van der Waals surface area contributed by atoms with Crippen LogP contribution in [0.3, 0.4) is 0 Å². The number of fused-ring (bicyclic) bond motifs is 1. The van der Waals surface area contributed by atoms with Crippen LogP contribution in [0.4, 0.5) is 5.69 Å². The summed E-state index contributed by atoms with van der Waals surface area (Å²) in [6, 6.07) is 14.3. The van der Waals surface area contributed by atoms with E-state index in [1.54, 1.807) is 25.1 Å². The maximum atomic E-state index is 12.3. The molecule has 0 bridgehead atoms. The fourth-order valence-electron chi connectivity index (χ4n) is 2.99. The zero-order valence-corrected chi connectivity index (χ0v) is 16.5. The van der Waals surface area contributed by atoms with Gasteiger partial charge in [-0.05, 0) is 36.8 Å². The average Bonchev–Trinajstić information content (AvgIpc) is 2.72. The maximum absolute atomic E-state index is 12.3. The zero-order chi connectivity index (χ0) is 20.8. The third kappa shape index (κ3) is 5.28. The standard InChI is InChI=1S/C22H24N4O3/c1-3-20(27)24-16-10-8-15(9-11-16)14(2)23-21(28)13-12-19-25-18-7-5-4-6-17(18)22(29)26-19/h4-11,14H,3,12-13H2,1-2H3,(H,23,28)(H,24,27)(H,25,26,29). The lowest BCUT2D eigenvalue weighted by Crippen LogP contribution is -2.27. The Morgan fingerprint density at radius 1 is 1.07 bits per heavy atom. The highest BCUT2D eigenvalue weighted by Gasteiger charge is 2.11. The highest BCUT2D eigenvalue weighted by atomic mass is 16.2. The van der Waals surface area contributed by atoms with Crippen LogP contribution >= 0.6 is 0 Å². The van der Waals surface area contributed by atoms with Crippen LogP contribution in [0.25, 0.3) is 10.9 Å². The molecular weight excluding hydrogens is 368 g/mol. The molecule has 2 aromatic carbocycles. The van der Waals surface area contributed by atoms with Crippen LogP contribution in [0.1, 0.15) is 44.1 Å². The average molecular weight is 392 g/mol. The van der Waals surface area contributed by atoms with Gasteiger partial charge in [-0.1, -0.05) is 31.2 Å². The van der Waals surface area contributed by atoms with E-state index in [0.29, 0.717) is 29.6 Å². The van der Waals surface area contributed by atoms with Gasteiger partial charge in [0.1, 0.15) is 5.82 Å². The summed E-state index contributed by atoms with van der Waals surface area (Å²) >= 11 is 0. The van der Waals surface area contributed by atoms with Gasteiger partial charge in [-0.3, -0.25) is 14.4 Å². The summed E-state index contributed by atoms with van der Waals surface area (Å²) in [6.07, 6.45) is 0.989. The van der Waals surface area contributed by atoms with Crippen LogP contribution in [0, 0.1) is 0 Å². The summed E-state index contributed by atoms with van der Waals surface area (Å²) in [5.74, 6) is 0.323. The van der Waals surface area contributed by atoms with E-state index < -0.39 is 0 Å². The van der Waals surface area contributed by atoms with Crippen molar-refractivity contribution in [3.8, 4) is 0 Å². The Bertz CT molecular complexity index is 1070. The molecular formula is C22H24N4O3. The largest absolute Gasteiger partial charge is 0.350 e. The molecule has 0 aliphatic carbocycles. The first kappa shape index (κ1) is 20.3. The number of amides is 2. The molecule has 1 unspecified atom stereocenters. The molecule has 150 valence electrons. The smallest absolute Gasteiger partial charge is 0.258 e. The van der Waals surface area contributed by atoms with E-state index in [9.17, 15) is 14.4 Å². The van der Waals surface area contributed by atoms with Crippen molar-refractivity contribution in [3.05, 3.63) is 70.3 Å². The Hall–Kier alpha value is -3.48. The van der Waals surface area contributed by atoms with Crippen molar-refractivity contribution in [1.82, 2.24) is 15.3 Å². The fraction of sp³-hybridized carbons (Fsp3) is 0.273. The Kier molecular flexibility index (Phi) is 6.39. The van der Waals surface area contributed by atoms with Crippen LogP contribution in [-0.2, 0) is 16.0 Å². The minimum Gasteiger partial charge on any atom is -0.350 e. The van der Waals surface area contributed by atoms with Crippen LogP contribution in [0.2, 0.25) is 0 Å². The number of benzene rings is 2. The first-order valence-electron chi connectivity index (χ1n) is 9.63. The second-order valence-corrected chi connectivity index (χ2v) is 6.84. The SMILES string of the molecule is CCC(=O)Nc1ccc(C(C)NC(=O)CCc2nc3ccccc3c(=O)[nH]2)cc1. The molecule has 0 aliphatic rings. The van der Waals surface area contributed by atoms with Crippen LogP contribution in [0.15, 0.2) is 53.3 Å². The number of aryl methyl sites for hydroxylation is 1. The van der Waals surface area contributed by atoms with Gasteiger partial charge in [-0.25, -0.2) is 4.98 Å². The second kappa shape index (κ2) is 9.14. The summed E-state index contributed by atoms with van der Waals surface area (Å²) in [7, 11) is 0. The number of H-pyrrole nitrogens is 1. The number of aromatic amines is 1. The van der Waals surface area contributed by atoms with Crippen molar-refractivity contribution in [3.63, 3.8) is 0 Å². The van der Waals surface area contributed by atoms with Gasteiger partial charge in [0.2, 0.25) is 11.8 Å². The monoisotopic (exact) mass is 392 g/mol. The summed E-state index contributed by atoms with van der Waals surface area (Å²) in [6.45, 7) is 3.69. The van der Waals surface area contributed by atoms with E-state index in [1.807, 2.05) is 37.3 Å². The lowest BCUT2D eigenvalue weighted by Gasteiger charge is -2.15. The first-order valence-corrected chi connectivity index (χ1v) is 9.63. The van der Waals surface area contributed by atoms with Gasteiger partial charge in [0, 0.05) is 24.9 Å². The topological polar surface area (TPSA) is 104 Å². The molecule has 0 aliphatic heterocycles. The molecule has 2 amide bonds. The molecule has 29 heavy (non-hydrogen) atoms. The van der Waals surface area contributed by atoms with E-state index in [-0.39, 0.29) is 29.8 Å². The predicted octanol–water partition coefficient (Wildman–Crippen LogP) is 3.08. The lowest BCUT2D eigenvalue weighted by atomic mass is 10.1. The van der Waals surface area contributed by atoms with Gasteiger partial charge < -0.3 is 15.6 Å². The number of nitrogens with zero attached hydrogens (tertiary/aromatic N) is 1. The molecule has 0 fully saturated rings. The van der Waals surface area contributed by atoms with Crippen molar-refractivity contribution in [1.29, 1.82) is 0 Å². The molecule has 0 radical (unpaired) electrons. The summed E-state index contributed by atoms with van der Waals surface area (Å²) in [4.78, 5) is 43.0. The molecule has 7 nitrogen and oxygen atoms in total. The molecule has 3 aromatic rings. The van der Waals surface area contributed by atoms with Gasteiger partial charge in [0.05, 0.1) is 16.9 Å². The predicted molar refractivity (Wildman–Crippen MR) is 113 cm³/mol. The fourth-order valence-corrected chi connectivity index (χ4v) is 2.99. The quantitative estimate of drug-likeness (QED) is 0.575. The van der Waals surface area contributed by atoms with Gasteiger partial charge >= 0.3 is 0 Å². The summed E-state index contributed by atoms with van der Waals surface area (Å²) < 4.78 is 0. The van der Waals surface area contributed by atoms with Crippen molar-refractivity contribution in [2.75, 3.05) is 5.32 Å². The van der Waals surface area contributed by atoms with Crippen molar-refractivity contribution < 1.29 is 9.59 Å². The van der Waals surface area contributed by atoms with Crippen molar-refractivity contribution in [2.45, 2.75) is 39.2 Å². The molecule has 3 rings (SSSR count). The highest BCUT2D eigenvalue weighted by molar-refractivity contribution is 5.90. The number of hydrogen-bond acceptors (Lipinski definition) is 4. The van der Waals surface area contributed by atoms with Crippen LogP contribution in [-0.4, -0.2) is 21.8 Å². The summed E-state index contributed by atoms with van der Waals surface area (Å²) in [5, 5.41) is 6.27. The van der Waals surface area contributed by atoms with E-state index in [1.165, 1.54) is 0 Å². The minimum atomic E-state index is -0.199. The van der Waals surface area contributed by atoms with Gasteiger partial charge in [0.15, 0.2) is 0 Å². The van der Waals surface area contributed by atoms with Crippen LogP contribution in [0.5, 0.6) is 0 Å². The normalized spacial score (nSPS) is 11.8. The molecule has 1 aromatic heterocycles. The zero-order valence-electron chi connectivity index (χ0n) is 16.5. The van der Waals surface area contributed by atoms with Gasteiger partial charge in [0.25, 0.3) is 5.56 Å². The third-order valence-electron chi connectivity index (χ3n) is 4.64. The minimum absolute atomic E-state index is 0.0422. The van der Waals surface area contributed by atoms with Gasteiger partial charge in [-0.2, -0.15) is 0 Å². The number of nitrogens with one attached hydrogen (secondary N) is 3. The first-order chi connectivity index (χ1) is 14.0. The molecule has 0 spiro atoms. The molecule has 7 heteroatoms. The Labute approximate surface area is 168 Å². The Morgan fingerprint density at radius 3 is 2.52 bits per heavy atom. The second-order valence-electron chi connectivity index (χ2n) is 6.84. The molecule has 3 N–H and O–H groups in total. The lowest BCUT2D eigenvalue weighted by molar-refractivity contribution is -0.121. The number of para-hydroxylation sites is 1. The van der Waals surface area contributed by atoms with E-state index in [0.717, 1.165) is 11.3 Å². The number of hydrogen-bond donors (Lipinski definition) is 3. The third-order valence-corrected chi connectivity index (χ3v) is 4.64. The van der Waals surface area contributed by atoms with Crippen molar-refractivity contribution >= 4 is 28.4 Å².